The van der Waals surface area contributed by atoms with E-state index < -0.39 is 23.8 Å². The number of hydrogen-bond acceptors (Lipinski definition) is 5. The second kappa shape index (κ2) is 7.49. The Labute approximate surface area is 183 Å². The van der Waals surface area contributed by atoms with Crippen LogP contribution in [0, 0.1) is 5.92 Å². The molecule has 0 aliphatic carbocycles. The van der Waals surface area contributed by atoms with E-state index >= 15 is 0 Å². The Balaban J connectivity index is 1.62. The second-order valence-corrected chi connectivity index (χ2v) is 7.71. The Hall–Kier alpha value is -3.77. The third-order valence-electron chi connectivity index (χ3n) is 5.40. The van der Waals surface area contributed by atoms with Crippen LogP contribution in [-0.2, 0) is 9.59 Å². The Morgan fingerprint density at radius 2 is 1.45 bits per heavy atom. The number of halogens is 1. The van der Waals surface area contributed by atoms with Crippen molar-refractivity contribution in [1.82, 2.24) is 0 Å². The number of carbonyl (C=O) groups is 3. The van der Waals surface area contributed by atoms with Gasteiger partial charge in [0.25, 0.3) is 5.91 Å². The maximum absolute atomic E-state index is 13.4. The van der Waals surface area contributed by atoms with Crippen LogP contribution in [0.3, 0.4) is 0 Å². The molecule has 0 saturated carbocycles. The molecule has 0 bridgehead atoms. The van der Waals surface area contributed by atoms with Gasteiger partial charge in [0.15, 0.2) is 0 Å². The summed E-state index contributed by atoms with van der Waals surface area (Å²) in [7, 11) is 0. The number of carbonyl (C=O) groups excluding carboxylic acids is 3. The van der Waals surface area contributed by atoms with E-state index in [2.05, 4.69) is 5.10 Å². The number of anilines is 2. The first-order valence-corrected chi connectivity index (χ1v) is 10.1. The molecule has 5 rings (SSSR count). The summed E-state index contributed by atoms with van der Waals surface area (Å²) in [6, 6.07) is 23.3. The first-order valence-electron chi connectivity index (χ1n) is 9.72. The fourth-order valence-corrected chi connectivity index (χ4v) is 4.19. The number of hydrazone groups is 1. The molecule has 0 aromatic heterocycles. The highest BCUT2D eigenvalue weighted by atomic mass is 35.5. The molecule has 2 heterocycles. The topological polar surface area (TPSA) is 70.1 Å². The predicted molar refractivity (Wildman–Crippen MR) is 118 cm³/mol. The zero-order chi connectivity index (χ0) is 21.5. The molecule has 0 unspecified atom stereocenters. The molecule has 1 saturated heterocycles. The van der Waals surface area contributed by atoms with Crippen molar-refractivity contribution < 1.29 is 14.4 Å². The molecule has 1 fully saturated rings. The van der Waals surface area contributed by atoms with Gasteiger partial charge in [-0.3, -0.25) is 19.4 Å². The Morgan fingerprint density at radius 3 is 2.13 bits per heavy atom. The van der Waals surface area contributed by atoms with Crippen LogP contribution in [0.15, 0.2) is 90.0 Å². The van der Waals surface area contributed by atoms with E-state index in [1.54, 1.807) is 66.7 Å². The van der Waals surface area contributed by atoms with Gasteiger partial charge in [-0.15, -0.1) is 0 Å². The molecule has 2 aliphatic heterocycles. The molecular formula is C24H16ClN3O3. The van der Waals surface area contributed by atoms with Crippen molar-refractivity contribution in [3.8, 4) is 0 Å². The van der Waals surface area contributed by atoms with E-state index in [1.807, 2.05) is 18.2 Å². The van der Waals surface area contributed by atoms with Crippen molar-refractivity contribution in [2.24, 2.45) is 11.0 Å². The van der Waals surface area contributed by atoms with Gasteiger partial charge < -0.3 is 0 Å². The van der Waals surface area contributed by atoms with Crippen molar-refractivity contribution in [2.45, 2.75) is 6.04 Å². The number of amides is 2. The molecule has 3 aromatic rings. The molecule has 152 valence electrons. The first kappa shape index (κ1) is 19.2. The molecule has 0 N–H and O–H groups in total. The molecule has 7 heteroatoms. The number of benzene rings is 3. The summed E-state index contributed by atoms with van der Waals surface area (Å²) in [5.41, 5.74) is 1.47. The van der Waals surface area contributed by atoms with Crippen molar-refractivity contribution >= 4 is 46.3 Å². The van der Waals surface area contributed by atoms with Crippen LogP contribution in [0.4, 0.5) is 11.4 Å². The summed E-state index contributed by atoms with van der Waals surface area (Å²) in [4.78, 5) is 41.2. The molecule has 31 heavy (non-hydrogen) atoms. The average molecular weight is 430 g/mol. The number of nitrogens with zero attached hydrogens (tertiary/aromatic N) is 3. The quantitative estimate of drug-likeness (QED) is 0.465. The van der Waals surface area contributed by atoms with Gasteiger partial charge in [-0.1, -0.05) is 66.2 Å². The summed E-state index contributed by atoms with van der Waals surface area (Å²) in [5, 5.41) is 6.36. The molecule has 3 aromatic carbocycles. The maximum Gasteiger partial charge on any atom is 0.259 e. The Bertz CT molecular complexity index is 1230. The molecule has 2 atom stereocenters. The first-order chi connectivity index (χ1) is 15.1. The minimum Gasteiger partial charge on any atom is -0.287 e. The van der Waals surface area contributed by atoms with Crippen molar-refractivity contribution in [1.29, 1.82) is 0 Å². The highest BCUT2D eigenvalue weighted by molar-refractivity contribution is 6.53. The fourth-order valence-electron chi connectivity index (χ4n) is 4.00. The third-order valence-corrected chi connectivity index (χ3v) is 5.64. The Morgan fingerprint density at radius 1 is 0.806 bits per heavy atom. The van der Waals surface area contributed by atoms with E-state index in [1.165, 1.54) is 5.01 Å². The minimum atomic E-state index is -1.00. The van der Waals surface area contributed by atoms with Crippen molar-refractivity contribution in [3.05, 3.63) is 95.5 Å². The molecule has 0 spiro atoms. The monoisotopic (exact) mass is 429 g/mol. The molecule has 2 amide bonds. The smallest absolute Gasteiger partial charge is 0.259 e. The van der Waals surface area contributed by atoms with E-state index in [-0.39, 0.29) is 11.5 Å². The van der Waals surface area contributed by atoms with Gasteiger partial charge >= 0.3 is 0 Å². The van der Waals surface area contributed by atoms with Crippen molar-refractivity contribution in [3.63, 3.8) is 0 Å². The third kappa shape index (κ3) is 3.12. The van der Waals surface area contributed by atoms with Crippen molar-refractivity contribution in [2.75, 3.05) is 9.91 Å². The van der Waals surface area contributed by atoms with Crippen LogP contribution in [0.1, 0.15) is 10.4 Å². The van der Waals surface area contributed by atoms with Crippen LogP contribution in [0.5, 0.6) is 0 Å². The molecule has 2 aliphatic rings. The number of imide groups is 1. The van der Waals surface area contributed by atoms with Crippen LogP contribution in [-0.4, -0.2) is 29.4 Å². The summed E-state index contributed by atoms with van der Waals surface area (Å²) < 4.78 is 0. The summed E-state index contributed by atoms with van der Waals surface area (Å²) in [6.45, 7) is 0. The van der Waals surface area contributed by atoms with Crippen LogP contribution in [0.2, 0.25) is 5.02 Å². The zero-order valence-corrected chi connectivity index (χ0v) is 16.9. The highest BCUT2D eigenvalue weighted by Gasteiger charge is 2.58. The van der Waals surface area contributed by atoms with E-state index in [9.17, 15) is 14.4 Å². The van der Waals surface area contributed by atoms with Gasteiger partial charge in [0, 0.05) is 10.6 Å². The molecule has 6 nitrogen and oxygen atoms in total. The second-order valence-electron chi connectivity index (χ2n) is 7.27. The van der Waals surface area contributed by atoms with Gasteiger partial charge in [-0.05, 0) is 30.3 Å². The number of hydrogen-bond donors (Lipinski definition) is 0. The van der Waals surface area contributed by atoms with Gasteiger partial charge in [-0.2, -0.15) is 5.10 Å². The number of rotatable bonds is 4. The van der Waals surface area contributed by atoms with Gasteiger partial charge in [-0.25, -0.2) is 4.90 Å². The predicted octanol–water partition coefficient (Wildman–Crippen LogP) is 3.96. The molecule has 0 radical (unpaired) electrons. The lowest BCUT2D eigenvalue weighted by Crippen LogP contribution is -2.39. The summed E-state index contributed by atoms with van der Waals surface area (Å²) in [5.74, 6) is -2.30. The van der Waals surface area contributed by atoms with Gasteiger partial charge in [0.2, 0.25) is 11.7 Å². The van der Waals surface area contributed by atoms with E-state index in [0.29, 0.717) is 22.0 Å². The largest absolute Gasteiger partial charge is 0.287 e. The van der Waals surface area contributed by atoms with Gasteiger partial charge in [0.1, 0.15) is 17.7 Å². The van der Waals surface area contributed by atoms with Crippen LogP contribution >= 0.6 is 11.6 Å². The fraction of sp³-hybridized carbons (Fsp3) is 0.0833. The average Bonchev–Trinajstić information content (AvgIpc) is 3.31. The number of fused-ring (bicyclic) bond motifs is 1. The number of ketones is 1. The zero-order valence-electron chi connectivity index (χ0n) is 16.2. The summed E-state index contributed by atoms with van der Waals surface area (Å²) >= 11 is 6.09. The number of para-hydroxylation sites is 1. The van der Waals surface area contributed by atoms with Crippen LogP contribution < -0.4 is 9.91 Å². The lowest BCUT2D eigenvalue weighted by Gasteiger charge is -2.22. The highest BCUT2D eigenvalue weighted by Crippen LogP contribution is 2.38. The van der Waals surface area contributed by atoms with E-state index in [4.69, 9.17) is 11.6 Å². The van der Waals surface area contributed by atoms with Crippen LogP contribution in [0.25, 0.3) is 0 Å². The lowest BCUT2D eigenvalue weighted by atomic mass is 9.92. The lowest BCUT2D eigenvalue weighted by molar-refractivity contribution is -0.121. The van der Waals surface area contributed by atoms with Gasteiger partial charge in [0.05, 0.1) is 11.4 Å². The normalized spacial score (nSPS) is 20.1. The SMILES string of the molecule is O=C(C1=NN(c2ccccc2)[C@@H]2C(=O)N(c3cccc(Cl)c3)C(=O)[C@H]12)c1ccccc1. The summed E-state index contributed by atoms with van der Waals surface area (Å²) in [6.07, 6.45) is 0. The Kier molecular flexibility index (Phi) is 4.64. The maximum atomic E-state index is 13.4. The molecular weight excluding hydrogens is 414 g/mol. The van der Waals surface area contributed by atoms with E-state index in [0.717, 1.165) is 4.90 Å². The number of Topliss-reactive ketones (excluding diaryl/α,β-unsaturated/α-hetero) is 1. The minimum absolute atomic E-state index is 0.0583. The standard InChI is InChI=1S/C24H16ClN3O3/c25-16-10-7-13-18(14-16)27-23(30)19-20(22(29)15-8-3-1-4-9-15)26-28(21(19)24(27)31)17-11-5-2-6-12-17/h1-14,19,21H/t19-,21+/m1/s1.